The van der Waals surface area contributed by atoms with Gasteiger partial charge in [0, 0.05) is 11.6 Å². The maximum Gasteiger partial charge on any atom is 0.262 e. The third-order valence-electron chi connectivity index (χ3n) is 4.61. The highest BCUT2D eigenvalue weighted by atomic mass is 79.9. The minimum absolute atomic E-state index is 0.0405. The van der Waals surface area contributed by atoms with E-state index < -0.39 is 5.91 Å². The molecule has 0 saturated carbocycles. The van der Waals surface area contributed by atoms with Crippen molar-refractivity contribution in [1.82, 2.24) is 5.32 Å². The molecule has 1 N–H and O–H groups in total. The van der Waals surface area contributed by atoms with Crippen molar-refractivity contribution in [2.45, 2.75) is 13.2 Å². The first-order valence-electron chi connectivity index (χ1n) is 9.79. The average molecular weight is 546 g/mol. The van der Waals surface area contributed by atoms with E-state index >= 15 is 0 Å². The van der Waals surface area contributed by atoms with Crippen molar-refractivity contribution in [2.75, 3.05) is 7.11 Å². The number of hydrogen-bond acceptors (Lipinski definition) is 4. The summed E-state index contributed by atoms with van der Waals surface area (Å²) < 4.78 is 11.6. The standard InChI is InChI=1S/C25H19BrCl2N2O3/c1-32-21-8-4-16(5-9-21)14-30-25(31)19(13-29)10-18-11-22(26)24(23(28)12-18)33-15-17-2-6-20(27)7-3-17/h2-12H,14-15H2,1H3,(H,30,31)/b19-10-. The van der Waals surface area contributed by atoms with Gasteiger partial charge in [-0.1, -0.05) is 47.5 Å². The molecule has 0 fully saturated rings. The van der Waals surface area contributed by atoms with Gasteiger partial charge in [-0.15, -0.1) is 0 Å². The van der Waals surface area contributed by atoms with Crippen molar-refractivity contribution < 1.29 is 14.3 Å². The maximum atomic E-state index is 12.5. The van der Waals surface area contributed by atoms with Crippen LogP contribution in [0.2, 0.25) is 10.0 Å². The molecule has 0 aliphatic heterocycles. The summed E-state index contributed by atoms with van der Waals surface area (Å²) in [5.41, 5.74) is 2.37. The third-order valence-corrected chi connectivity index (χ3v) is 5.73. The van der Waals surface area contributed by atoms with Crippen LogP contribution in [-0.4, -0.2) is 13.0 Å². The van der Waals surface area contributed by atoms with Crippen LogP contribution in [0.15, 0.2) is 70.7 Å². The fourth-order valence-electron chi connectivity index (χ4n) is 2.87. The van der Waals surface area contributed by atoms with Gasteiger partial charge in [-0.05, 0) is 75.1 Å². The van der Waals surface area contributed by atoms with Gasteiger partial charge in [-0.3, -0.25) is 4.79 Å². The van der Waals surface area contributed by atoms with Crippen molar-refractivity contribution in [3.63, 3.8) is 0 Å². The Morgan fingerprint density at radius 3 is 2.36 bits per heavy atom. The molecule has 0 heterocycles. The SMILES string of the molecule is COc1ccc(CNC(=O)/C(C#N)=C\c2cc(Cl)c(OCc3ccc(Cl)cc3)c(Br)c2)cc1. The van der Waals surface area contributed by atoms with E-state index in [4.69, 9.17) is 32.7 Å². The van der Waals surface area contributed by atoms with Gasteiger partial charge in [-0.25, -0.2) is 0 Å². The summed E-state index contributed by atoms with van der Waals surface area (Å²) >= 11 is 15.8. The summed E-state index contributed by atoms with van der Waals surface area (Å²) in [6.07, 6.45) is 1.48. The van der Waals surface area contributed by atoms with Crippen LogP contribution >= 0.6 is 39.1 Å². The van der Waals surface area contributed by atoms with E-state index in [0.29, 0.717) is 32.4 Å². The second kappa shape index (κ2) is 11.8. The van der Waals surface area contributed by atoms with Crippen molar-refractivity contribution in [1.29, 1.82) is 5.26 Å². The van der Waals surface area contributed by atoms with Gasteiger partial charge in [0.05, 0.1) is 16.6 Å². The Bertz CT molecular complexity index is 1180. The van der Waals surface area contributed by atoms with Gasteiger partial charge in [-0.2, -0.15) is 5.26 Å². The zero-order valence-electron chi connectivity index (χ0n) is 17.6. The molecule has 168 valence electrons. The summed E-state index contributed by atoms with van der Waals surface area (Å²) in [6.45, 7) is 0.589. The molecular formula is C25H19BrCl2N2O3. The number of ether oxygens (including phenoxy) is 2. The predicted octanol–water partition coefficient (Wildman–Crippen LogP) is 6.57. The number of hydrogen-bond donors (Lipinski definition) is 1. The number of amides is 1. The van der Waals surface area contributed by atoms with E-state index in [1.165, 1.54) is 6.08 Å². The van der Waals surface area contributed by atoms with Crippen molar-refractivity contribution in [2.24, 2.45) is 0 Å². The summed E-state index contributed by atoms with van der Waals surface area (Å²) in [7, 11) is 1.59. The Balaban J connectivity index is 1.68. The van der Waals surface area contributed by atoms with Gasteiger partial charge in [0.2, 0.25) is 0 Å². The number of benzene rings is 3. The van der Waals surface area contributed by atoms with Crippen LogP contribution in [0.4, 0.5) is 0 Å². The molecule has 0 atom stereocenters. The molecule has 1 amide bonds. The Kier molecular flexibility index (Phi) is 8.79. The minimum Gasteiger partial charge on any atom is -0.497 e. The van der Waals surface area contributed by atoms with Crippen LogP contribution in [0.5, 0.6) is 11.5 Å². The number of halogens is 3. The largest absolute Gasteiger partial charge is 0.497 e. The summed E-state index contributed by atoms with van der Waals surface area (Å²) in [4.78, 5) is 12.5. The Labute approximate surface area is 210 Å². The number of nitrogens with zero attached hydrogens (tertiary/aromatic N) is 1. The molecule has 5 nitrogen and oxygen atoms in total. The first kappa shape index (κ1) is 24.7. The zero-order valence-corrected chi connectivity index (χ0v) is 20.7. The molecule has 0 aliphatic carbocycles. The highest BCUT2D eigenvalue weighted by molar-refractivity contribution is 9.10. The molecule has 0 aromatic heterocycles. The molecule has 0 radical (unpaired) electrons. The summed E-state index contributed by atoms with van der Waals surface area (Å²) in [5, 5.41) is 13.2. The van der Waals surface area contributed by atoms with E-state index in [0.717, 1.165) is 16.9 Å². The van der Waals surface area contributed by atoms with E-state index in [-0.39, 0.29) is 12.1 Å². The lowest BCUT2D eigenvalue weighted by Crippen LogP contribution is -2.23. The predicted molar refractivity (Wildman–Crippen MR) is 133 cm³/mol. The normalized spacial score (nSPS) is 10.9. The maximum absolute atomic E-state index is 12.5. The second-order valence-corrected chi connectivity index (χ2v) is 8.63. The molecule has 0 bridgehead atoms. The highest BCUT2D eigenvalue weighted by Crippen LogP contribution is 2.35. The lowest BCUT2D eigenvalue weighted by atomic mass is 10.1. The molecule has 0 aliphatic rings. The second-order valence-electron chi connectivity index (χ2n) is 6.93. The minimum atomic E-state index is -0.483. The van der Waals surface area contributed by atoms with E-state index in [1.807, 2.05) is 30.3 Å². The molecule has 0 spiro atoms. The third kappa shape index (κ3) is 7.00. The number of rotatable bonds is 8. The number of methoxy groups -OCH3 is 1. The van der Waals surface area contributed by atoms with Crippen LogP contribution < -0.4 is 14.8 Å². The van der Waals surface area contributed by atoms with Gasteiger partial charge in [0.1, 0.15) is 24.0 Å². The topological polar surface area (TPSA) is 71.3 Å². The molecule has 33 heavy (non-hydrogen) atoms. The van der Waals surface area contributed by atoms with E-state index in [2.05, 4.69) is 21.2 Å². The molecule has 0 saturated heterocycles. The molecule has 3 aromatic carbocycles. The molecule has 3 aromatic rings. The van der Waals surface area contributed by atoms with Crippen molar-refractivity contribution in [3.05, 3.63) is 97.4 Å². The smallest absolute Gasteiger partial charge is 0.262 e. The number of carbonyl (C=O) groups is 1. The van der Waals surface area contributed by atoms with Gasteiger partial charge >= 0.3 is 0 Å². The van der Waals surface area contributed by atoms with E-state index in [1.54, 1.807) is 43.5 Å². The lowest BCUT2D eigenvalue weighted by Gasteiger charge is -2.11. The highest BCUT2D eigenvalue weighted by Gasteiger charge is 2.13. The first-order valence-corrected chi connectivity index (χ1v) is 11.3. The Morgan fingerprint density at radius 1 is 1.09 bits per heavy atom. The number of nitriles is 1. The van der Waals surface area contributed by atoms with Crippen LogP contribution in [0.3, 0.4) is 0 Å². The van der Waals surface area contributed by atoms with Gasteiger partial charge in [0.25, 0.3) is 5.91 Å². The molecule has 3 rings (SSSR count). The van der Waals surface area contributed by atoms with E-state index in [9.17, 15) is 10.1 Å². The van der Waals surface area contributed by atoms with Crippen LogP contribution in [-0.2, 0) is 17.9 Å². The lowest BCUT2D eigenvalue weighted by molar-refractivity contribution is -0.117. The monoisotopic (exact) mass is 544 g/mol. The van der Waals surface area contributed by atoms with Crippen molar-refractivity contribution >= 4 is 51.1 Å². The Hall–Kier alpha value is -2.98. The molecule has 8 heteroatoms. The van der Waals surface area contributed by atoms with Gasteiger partial charge in [0.15, 0.2) is 5.75 Å². The summed E-state index contributed by atoms with van der Waals surface area (Å²) in [6, 6.07) is 19.9. The quantitative estimate of drug-likeness (QED) is 0.257. The zero-order chi connectivity index (χ0) is 23.8. The average Bonchev–Trinajstić information content (AvgIpc) is 2.82. The fourth-order valence-corrected chi connectivity index (χ4v) is 3.99. The van der Waals surface area contributed by atoms with Crippen LogP contribution in [0, 0.1) is 11.3 Å². The van der Waals surface area contributed by atoms with Gasteiger partial charge < -0.3 is 14.8 Å². The molecule has 0 unspecified atom stereocenters. The van der Waals surface area contributed by atoms with Crippen molar-refractivity contribution in [3.8, 4) is 17.6 Å². The Morgan fingerprint density at radius 2 is 1.76 bits per heavy atom. The van der Waals surface area contributed by atoms with Crippen LogP contribution in [0.1, 0.15) is 16.7 Å². The first-order chi connectivity index (χ1) is 15.9. The summed E-state index contributed by atoms with van der Waals surface area (Å²) in [5.74, 6) is 0.709. The van der Waals surface area contributed by atoms with Crippen LogP contribution in [0.25, 0.3) is 6.08 Å². The number of carbonyl (C=O) groups excluding carboxylic acids is 1. The number of nitrogens with one attached hydrogen (secondary N) is 1. The molecular weight excluding hydrogens is 527 g/mol. The fraction of sp³-hybridized carbons (Fsp3) is 0.120.